The van der Waals surface area contributed by atoms with Crippen molar-refractivity contribution in [2.24, 2.45) is 0 Å². The van der Waals surface area contributed by atoms with E-state index in [2.05, 4.69) is 21.7 Å². The molecular formula is C22H20ClN3O2S. The summed E-state index contributed by atoms with van der Waals surface area (Å²) in [7, 11) is 0. The molecule has 2 N–H and O–H groups in total. The number of halogens is 1. The Kier molecular flexibility index (Phi) is 6.56. The van der Waals surface area contributed by atoms with Gasteiger partial charge >= 0.3 is 0 Å². The molecule has 0 aliphatic heterocycles. The monoisotopic (exact) mass is 425 g/mol. The van der Waals surface area contributed by atoms with Crippen molar-refractivity contribution in [1.82, 2.24) is 4.98 Å². The summed E-state index contributed by atoms with van der Waals surface area (Å²) < 4.78 is 0. The van der Waals surface area contributed by atoms with Gasteiger partial charge in [0.25, 0.3) is 5.91 Å². The Morgan fingerprint density at radius 1 is 1.03 bits per heavy atom. The summed E-state index contributed by atoms with van der Waals surface area (Å²) in [5.74, 6) is -0.531. The van der Waals surface area contributed by atoms with Crippen LogP contribution in [0.1, 0.15) is 28.4 Å². The summed E-state index contributed by atoms with van der Waals surface area (Å²) >= 11 is 7.66. The first-order chi connectivity index (χ1) is 13.8. The van der Waals surface area contributed by atoms with Gasteiger partial charge in [0, 0.05) is 23.7 Å². The van der Waals surface area contributed by atoms with Crippen LogP contribution in [0.3, 0.4) is 0 Å². The molecule has 3 rings (SSSR count). The van der Waals surface area contributed by atoms with Gasteiger partial charge in [-0.15, -0.1) is 0 Å². The number of nitrogens with zero attached hydrogens (tertiary/aromatic N) is 1. The van der Waals surface area contributed by atoms with E-state index in [-0.39, 0.29) is 11.8 Å². The maximum absolute atomic E-state index is 12.9. The lowest BCUT2D eigenvalue weighted by Crippen LogP contribution is -2.14. The van der Waals surface area contributed by atoms with Crippen LogP contribution in [-0.2, 0) is 4.79 Å². The van der Waals surface area contributed by atoms with Crippen molar-refractivity contribution in [1.29, 1.82) is 0 Å². The van der Waals surface area contributed by atoms with Crippen molar-refractivity contribution in [3.8, 4) is 0 Å². The van der Waals surface area contributed by atoms with Gasteiger partial charge in [0.1, 0.15) is 5.03 Å². The first-order valence-corrected chi connectivity index (χ1v) is 10.1. The standard InChI is InChI=1S/C22H20ClN3O2S/c1-13-6-9-20(14(2)11-13)29-22-17(5-4-10-24-22)21(28)26-19-12-16(25-15(3)27)7-8-18(19)23/h4-12H,1-3H3,(H,25,27)(H,26,28). The average molecular weight is 426 g/mol. The normalized spacial score (nSPS) is 10.5. The molecule has 0 atom stereocenters. The van der Waals surface area contributed by atoms with Crippen molar-refractivity contribution < 1.29 is 9.59 Å². The Morgan fingerprint density at radius 3 is 2.55 bits per heavy atom. The van der Waals surface area contributed by atoms with Crippen molar-refractivity contribution in [2.45, 2.75) is 30.7 Å². The van der Waals surface area contributed by atoms with Gasteiger partial charge < -0.3 is 10.6 Å². The highest BCUT2D eigenvalue weighted by Gasteiger charge is 2.16. The van der Waals surface area contributed by atoms with Gasteiger partial charge in [-0.2, -0.15) is 0 Å². The van der Waals surface area contributed by atoms with E-state index in [1.807, 2.05) is 26.0 Å². The number of aromatic nitrogens is 1. The molecule has 0 aliphatic carbocycles. The van der Waals surface area contributed by atoms with Gasteiger partial charge in [-0.1, -0.05) is 41.1 Å². The maximum Gasteiger partial charge on any atom is 0.258 e. The number of rotatable bonds is 5. The smallest absolute Gasteiger partial charge is 0.258 e. The van der Waals surface area contributed by atoms with Crippen LogP contribution in [0, 0.1) is 13.8 Å². The van der Waals surface area contributed by atoms with E-state index < -0.39 is 0 Å². The van der Waals surface area contributed by atoms with Crippen molar-refractivity contribution in [2.75, 3.05) is 10.6 Å². The Labute approximate surface area is 178 Å². The molecule has 148 valence electrons. The van der Waals surface area contributed by atoms with Gasteiger partial charge in [0.2, 0.25) is 5.91 Å². The molecule has 0 bridgehead atoms. The third kappa shape index (κ3) is 5.37. The van der Waals surface area contributed by atoms with Crippen molar-refractivity contribution in [3.63, 3.8) is 0 Å². The lowest BCUT2D eigenvalue weighted by atomic mass is 10.2. The number of benzene rings is 2. The fourth-order valence-corrected chi connectivity index (χ4v) is 3.87. The minimum Gasteiger partial charge on any atom is -0.326 e. The number of carbonyl (C=O) groups is 2. The molecule has 0 saturated heterocycles. The second-order valence-electron chi connectivity index (χ2n) is 6.56. The van der Waals surface area contributed by atoms with Crippen LogP contribution in [-0.4, -0.2) is 16.8 Å². The number of carbonyl (C=O) groups excluding carboxylic acids is 2. The zero-order chi connectivity index (χ0) is 21.0. The zero-order valence-electron chi connectivity index (χ0n) is 16.2. The third-order valence-corrected chi connectivity index (χ3v) is 5.61. The van der Waals surface area contributed by atoms with Gasteiger partial charge in [-0.25, -0.2) is 4.98 Å². The lowest BCUT2D eigenvalue weighted by molar-refractivity contribution is -0.114. The van der Waals surface area contributed by atoms with Crippen LogP contribution in [0.5, 0.6) is 0 Å². The SMILES string of the molecule is CC(=O)Nc1ccc(Cl)c(NC(=O)c2cccnc2Sc2ccc(C)cc2C)c1. The highest BCUT2D eigenvalue weighted by molar-refractivity contribution is 7.99. The van der Waals surface area contributed by atoms with Gasteiger partial charge in [0.15, 0.2) is 0 Å². The third-order valence-electron chi connectivity index (χ3n) is 4.09. The molecular weight excluding hydrogens is 406 g/mol. The Bertz CT molecular complexity index is 1090. The second-order valence-corrected chi connectivity index (χ2v) is 7.99. The molecule has 1 aromatic heterocycles. The highest BCUT2D eigenvalue weighted by atomic mass is 35.5. The van der Waals surface area contributed by atoms with Crippen molar-refractivity contribution >= 4 is 46.6 Å². The Morgan fingerprint density at radius 2 is 1.83 bits per heavy atom. The number of nitrogens with one attached hydrogen (secondary N) is 2. The molecule has 0 aliphatic rings. The number of pyridine rings is 1. The molecule has 1 heterocycles. The summed E-state index contributed by atoms with van der Waals surface area (Å²) in [4.78, 5) is 29.6. The number of hydrogen-bond acceptors (Lipinski definition) is 4. The molecule has 5 nitrogen and oxygen atoms in total. The van der Waals surface area contributed by atoms with Crippen LogP contribution in [0.15, 0.2) is 64.6 Å². The maximum atomic E-state index is 12.9. The average Bonchev–Trinajstić information content (AvgIpc) is 2.66. The van der Waals surface area contributed by atoms with E-state index in [1.54, 1.807) is 36.5 Å². The fourth-order valence-electron chi connectivity index (χ4n) is 2.75. The molecule has 3 aromatic rings. The van der Waals surface area contributed by atoms with Crippen LogP contribution < -0.4 is 10.6 Å². The van der Waals surface area contributed by atoms with Crippen LogP contribution >= 0.6 is 23.4 Å². The van der Waals surface area contributed by atoms with Crippen LogP contribution in [0.2, 0.25) is 5.02 Å². The minimum atomic E-state index is -0.327. The summed E-state index contributed by atoms with van der Waals surface area (Å²) in [6, 6.07) is 14.5. The quantitative estimate of drug-likeness (QED) is 0.548. The highest BCUT2D eigenvalue weighted by Crippen LogP contribution is 2.32. The van der Waals surface area contributed by atoms with E-state index in [0.717, 1.165) is 10.5 Å². The number of amides is 2. The lowest BCUT2D eigenvalue weighted by Gasteiger charge is -2.12. The van der Waals surface area contributed by atoms with E-state index in [4.69, 9.17) is 11.6 Å². The first kappa shape index (κ1) is 20.9. The molecule has 0 unspecified atom stereocenters. The summed E-state index contributed by atoms with van der Waals surface area (Å²) in [6.07, 6.45) is 1.66. The topological polar surface area (TPSA) is 71.1 Å². The summed E-state index contributed by atoms with van der Waals surface area (Å²) in [5.41, 5.74) is 3.71. The number of aryl methyl sites for hydroxylation is 2. The number of anilines is 2. The fraction of sp³-hybridized carbons (Fsp3) is 0.136. The summed E-state index contributed by atoms with van der Waals surface area (Å²) in [6.45, 7) is 5.49. The predicted octanol–water partition coefficient (Wildman–Crippen LogP) is 5.71. The second kappa shape index (κ2) is 9.11. The number of hydrogen-bond donors (Lipinski definition) is 2. The molecule has 29 heavy (non-hydrogen) atoms. The van der Waals surface area contributed by atoms with E-state index in [0.29, 0.717) is 27.0 Å². The molecule has 0 radical (unpaired) electrons. The van der Waals surface area contributed by atoms with E-state index in [1.165, 1.54) is 24.2 Å². The molecule has 0 fully saturated rings. The van der Waals surface area contributed by atoms with Gasteiger partial charge in [-0.05, 0) is 55.8 Å². The largest absolute Gasteiger partial charge is 0.326 e. The predicted molar refractivity (Wildman–Crippen MR) is 118 cm³/mol. The molecule has 7 heteroatoms. The van der Waals surface area contributed by atoms with Crippen molar-refractivity contribution in [3.05, 3.63) is 76.4 Å². The minimum absolute atomic E-state index is 0.205. The molecule has 0 spiro atoms. The Balaban J connectivity index is 1.86. The van der Waals surface area contributed by atoms with Crippen LogP contribution in [0.25, 0.3) is 0 Å². The van der Waals surface area contributed by atoms with Gasteiger partial charge in [-0.3, -0.25) is 9.59 Å². The molecule has 0 saturated carbocycles. The van der Waals surface area contributed by atoms with Gasteiger partial charge in [0.05, 0.1) is 16.3 Å². The van der Waals surface area contributed by atoms with Crippen LogP contribution in [0.4, 0.5) is 11.4 Å². The van der Waals surface area contributed by atoms with E-state index in [9.17, 15) is 9.59 Å². The zero-order valence-corrected chi connectivity index (χ0v) is 17.8. The van der Waals surface area contributed by atoms with E-state index >= 15 is 0 Å². The Hall–Kier alpha value is -2.83. The molecule has 2 amide bonds. The summed E-state index contributed by atoms with van der Waals surface area (Å²) in [5, 5.41) is 6.47. The first-order valence-electron chi connectivity index (χ1n) is 8.92. The molecule has 2 aromatic carbocycles.